The molecule has 2 heterocycles. The van der Waals surface area contributed by atoms with Crippen LogP contribution in [0.4, 0.5) is 0 Å². The minimum atomic E-state index is -0.929. The Kier molecular flexibility index (Phi) is 1.89. The number of H-pyrrole nitrogens is 1. The molecule has 17 heavy (non-hydrogen) atoms. The Balaban J connectivity index is 2.50. The predicted octanol–water partition coefficient (Wildman–Crippen LogP) is 2.12. The number of aromatic amines is 1. The minimum Gasteiger partial charge on any atom is -0.478 e. The Labute approximate surface area is 96.1 Å². The highest BCUT2D eigenvalue weighted by Gasteiger charge is 2.11. The molecule has 0 aliphatic carbocycles. The number of aromatic nitrogens is 3. The minimum absolute atomic E-state index is 0.278. The van der Waals surface area contributed by atoms with Crippen molar-refractivity contribution in [2.45, 2.75) is 6.92 Å². The third kappa shape index (κ3) is 1.36. The first kappa shape index (κ1) is 9.77. The highest BCUT2D eigenvalue weighted by atomic mass is 16.4. The summed E-state index contributed by atoms with van der Waals surface area (Å²) in [7, 11) is 0. The molecule has 0 saturated carbocycles. The van der Waals surface area contributed by atoms with Gasteiger partial charge in [0.25, 0.3) is 0 Å². The number of carboxylic acid groups (broad SMARTS) is 1. The first-order chi connectivity index (χ1) is 8.16. The zero-order chi connectivity index (χ0) is 12.0. The van der Waals surface area contributed by atoms with Crippen molar-refractivity contribution in [3.63, 3.8) is 0 Å². The average molecular weight is 227 g/mol. The third-order valence-electron chi connectivity index (χ3n) is 2.83. The van der Waals surface area contributed by atoms with Gasteiger partial charge in [-0.3, -0.25) is 0 Å². The topological polar surface area (TPSA) is 78.9 Å². The van der Waals surface area contributed by atoms with E-state index in [-0.39, 0.29) is 5.56 Å². The van der Waals surface area contributed by atoms with Crippen molar-refractivity contribution >= 4 is 27.9 Å². The predicted molar refractivity (Wildman–Crippen MR) is 63.1 cm³/mol. The Morgan fingerprint density at radius 2 is 2.18 bits per heavy atom. The number of nitrogens with one attached hydrogen (secondary N) is 1. The molecular weight excluding hydrogens is 218 g/mol. The fourth-order valence-electron chi connectivity index (χ4n) is 2.03. The molecule has 0 aliphatic rings. The van der Waals surface area contributed by atoms with Gasteiger partial charge in [0.15, 0.2) is 0 Å². The smallest absolute Gasteiger partial charge is 0.335 e. The zero-order valence-electron chi connectivity index (χ0n) is 9.06. The Morgan fingerprint density at radius 1 is 1.35 bits per heavy atom. The van der Waals surface area contributed by atoms with Gasteiger partial charge in [-0.05, 0) is 24.6 Å². The van der Waals surface area contributed by atoms with Gasteiger partial charge in [-0.2, -0.15) is 0 Å². The molecule has 1 aromatic carbocycles. The summed E-state index contributed by atoms with van der Waals surface area (Å²) in [6, 6.07) is 3.29. The van der Waals surface area contributed by atoms with Crippen LogP contribution in [0.5, 0.6) is 0 Å². The van der Waals surface area contributed by atoms with Gasteiger partial charge in [0.2, 0.25) is 0 Å². The molecule has 3 aromatic rings. The van der Waals surface area contributed by atoms with E-state index in [4.69, 9.17) is 5.11 Å². The molecule has 0 unspecified atom stereocenters. The molecule has 0 amide bonds. The molecule has 2 aromatic heterocycles. The number of nitrogens with zero attached hydrogens (tertiary/aromatic N) is 2. The molecule has 0 atom stereocenters. The maximum atomic E-state index is 11.0. The van der Waals surface area contributed by atoms with E-state index in [1.807, 2.05) is 6.92 Å². The highest BCUT2D eigenvalue weighted by molar-refractivity contribution is 6.08. The van der Waals surface area contributed by atoms with Crippen molar-refractivity contribution in [2.75, 3.05) is 0 Å². The number of carbonyl (C=O) groups is 1. The van der Waals surface area contributed by atoms with Crippen molar-refractivity contribution in [3.8, 4) is 0 Å². The van der Waals surface area contributed by atoms with E-state index in [0.717, 1.165) is 27.5 Å². The van der Waals surface area contributed by atoms with Gasteiger partial charge >= 0.3 is 5.97 Å². The monoisotopic (exact) mass is 227 g/mol. The van der Waals surface area contributed by atoms with Gasteiger partial charge in [0, 0.05) is 17.0 Å². The molecule has 5 nitrogen and oxygen atoms in total. The second kappa shape index (κ2) is 3.28. The van der Waals surface area contributed by atoms with Crippen LogP contribution in [0.2, 0.25) is 0 Å². The molecule has 0 bridgehead atoms. The summed E-state index contributed by atoms with van der Waals surface area (Å²) in [4.78, 5) is 22.3. The van der Waals surface area contributed by atoms with Crippen molar-refractivity contribution < 1.29 is 9.90 Å². The lowest BCUT2D eigenvalue weighted by molar-refractivity contribution is 0.0697. The number of fused-ring (bicyclic) bond motifs is 3. The van der Waals surface area contributed by atoms with E-state index in [1.54, 1.807) is 18.3 Å². The number of aromatic carboxylic acids is 1. The van der Waals surface area contributed by atoms with E-state index < -0.39 is 5.97 Å². The number of hydrogen-bond donors (Lipinski definition) is 2. The first-order valence-electron chi connectivity index (χ1n) is 5.12. The number of carboxylic acids is 1. The van der Waals surface area contributed by atoms with Crippen LogP contribution in [0.15, 0.2) is 24.7 Å². The third-order valence-corrected chi connectivity index (χ3v) is 2.83. The number of rotatable bonds is 1. The fraction of sp³-hybridized carbons (Fsp3) is 0.0833. The normalized spacial score (nSPS) is 11.1. The van der Waals surface area contributed by atoms with Gasteiger partial charge in [-0.25, -0.2) is 14.8 Å². The zero-order valence-corrected chi connectivity index (χ0v) is 9.06. The van der Waals surface area contributed by atoms with E-state index in [2.05, 4.69) is 15.0 Å². The molecule has 0 fully saturated rings. The van der Waals surface area contributed by atoms with E-state index in [1.165, 1.54) is 6.33 Å². The molecule has 0 saturated heterocycles. The maximum Gasteiger partial charge on any atom is 0.335 e. The van der Waals surface area contributed by atoms with Crippen LogP contribution in [-0.4, -0.2) is 26.0 Å². The first-order valence-corrected chi connectivity index (χ1v) is 5.12. The molecule has 0 spiro atoms. The van der Waals surface area contributed by atoms with Crippen molar-refractivity contribution in [1.29, 1.82) is 0 Å². The van der Waals surface area contributed by atoms with Gasteiger partial charge in [0.1, 0.15) is 12.0 Å². The molecule has 84 valence electrons. The van der Waals surface area contributed by atoms with Crippen LogP contribution in [0, 0.1) is 6.92 Å². The largest absolute Gasteiger partial charge is 0.478 e. The summed E-state index contributed by atoms with van der Waals surface area (Å²) in [6.07, 6.45) is 3.15. The standard InChI is InChI=1S/C12H9N3O2/c1-6-2-7(12(16)17)3-8-9-4-13-5-14-11(9)15-10(6)8/h2-5H,1H3,(H,16,17)(H,13,14,15). The van der Waals surface area contributed by atoms with Crippen LogP contribution in [0.3, 0.4) is 0 Å². The summed E-state index contributed by atoms with van der Waals surface area (Å²) >= 11 is 0. The van der Waals surface area contributed by atoms with Gasteiger partial charge in [-0.1, -0.05) is 0 Å². The van der Waals surface area contributed by atoms with Crippen molar-refractivity contribution in [2.24, 2.45) is 0 Å². The van der Waals surface area contributed by atoms with Crippen LogP contribution < -0.4 is 0 Å². The highest BCUT2D eigenvalue weighted by Crippen LogP contribution is 2.27. The second-order valence-electron chi connectivity index (χ2n) is 3.93. The molecule has 3 rings (SSSR count). The molecule has 0 aliphatic heterocycles. The summed E-state index contributed by atoms with van der Waals surface area (Å²) in [5.74, 6) is -0.929. The van der Waals surface area contributed by atoms with E-state index >= 15 is 0 Å². The van der Waals surface area contributed by atoms with Crippen LogP contribution in [0.1, 0.15) is 15.9 Å². The fourth-order valence-corrected chi connectivity index (χ4v) is 2.03. The lowest BCUT2D eigenvalue weighted by atomic mass is 10.1. The Bertz CT molecular complexity index is 746. The van der Waals surface area contributed by atoms with Crippen LogP contribution in [-0.2, 0) is 0 Å². The van der Waals surface area contributed by atoms with Gasteiger partial charge in [-0.15, -0.1) is 0 Å². The number of aryl methyl sites for hydroxylation is 1. The van der Waals surface area contributed by atoms with Crippen LogP contribution in [0.25, 0.3) is 21.9 Å². The van der Waals surface area contributed by atoms with E-state index in [9.17, 15) is 4.79 Å². The summed E-state index contributed by atoms with van der Waals surface area (Å²) in [5.41, 5.74) is 2.80. The molecule has 2 N–H and O–H groups in total. The summed E-state index contributed by atoms with van der Waals surface area (Å²) in [5, 5.41) is 10.7. The lowest BCUT2D eigenvalue weighted by Gasteiger charge is -1.99. The average Bonchev–Trinajstić information content (AvgIpc) is 2.68. The molecule has 0 radical (unpaired) electrons. The number of benzene rings is 1. The molecule has 5 heteroatoms. The lowest BCUT2D eigenvalue weighted by Crippen LogP contribution is -1.96. The molecular formula is C12H9N3O2. The number of hydrogen-bond acceptors (Lipinski definition) is 3. The van der Waals surface area contributed by atoms with Crippen LogP contribution >= 0.6 is 0 Å². The summed E-state index contributed by atoms with van der Waals surface area (Å²) in [6.45, 7) is 1.87. The van der Waals surface area contributed by atoms with Gasteiger partial charge in [0.05, 0.1) is 11.1 Å². The SMILES string of the molecule is Cc1cc(C(=O)O)cc2c1[nH]c1ncncc12. The van der Waals surface area contributed by atoms with Gasteiger partial charge < -0.3 is 10.1 Å². The quantitative estimate of drug-likeness (QED) is 0.667. The summed E-state index contributed by atoms with van der Waals surface area (Å²) < 4.78 is 0. The second-order valence-corrected chi connectivity index (χ2v) is 3.93. The van der Waals surface area contributed by atoms with E-state index in [0.29, 0.717) is 0 Å². The Hall–Kier alpha value is -2.43. The van der Waals surface area contributed by atoms with Crippen molar-refractivity contribution in [3.05, 3.63) is 35.8 Å². The van der Waals surface area contributed by atoms with Crippen molar-refractivity contribution in [1.82, 2.24) is 15.0 Å². The maximum absolute atomic E-state index is 11.0. The Morgan fingerprint density at radius 3 is 2.94 bits per heavy atom.